The number of anilines is 1. The van der Waals surface area contributed by atoms with Gasteiger partial charge in [0.25, 0.3) is 5.91 Å². The second-order valence-corrected chi connectivity index (χ2v) is 7.54. The zero-order valence-corrected chi connectivity index (χ0v) is 15.9. The summed E-state index contributed by atoms with van der Waals surface area (Å²) in [5.41, 5.74) is 1.29. The lowest BCUT2D eigenvalue weighted by Crippen LogP contribution is -2.55. The van der Waals surface area contributed by atoms with Crippen molar-refractivity contribution in [1.29, 1.82) is 0 Å². The Bertz CT molecular complexity index is 1020. The molecule has 4 rings (SSSR count). The van der Waals surface area contributed by atoms with E-state index in [0.717, 1.165) is 16.7 Å². The minimum Gasteiger partial charge on any atom is -0.394 e. The average Bonchev–Trinajstić information content (AvgIpc) is 3.23. The van der Waals surface area contributed by atoms with Crippen LogP contribution in [0.5, 0.6) is 0 Å². The predicted molar refractivity (Wildman–Crippen MR) is 105 cm³/mol. The smallest absolute Gasteiger partial charge is 0.275 e. The number of aliphatic hydroxyl groups excluding tert-OH is 4. The first-order valence-corrected chi connectivity index (χ1v) is 9.78. The molecule has 0 aliphatic carbocycles. The third kappa shape index (κ3) is 3.73. The highest BCUT2D eigenvalue weighted by Crippen LogP contribution is 2.34. The van der Waals surface area contributed by atoms with E-state index < -0.39 is 43.0 Å². The molecule has 152 valence electrons. The number of nitrogens with one attached hydrogen (secondary N) is 1. The standard InChI is InChI=1S/C19H19N3O6S/c23-7-12-14(24)15(25)16(26)17(28-12)19-22-11(8-29-19)18(27)21-10-5-1-3-9-4-2-6-20-13(9)10/h1-6,8,12,14-17,23-26H,7H2,(H,21,27)/t12-,14+,15+,16-,17-/m1/s1. The highest BCUT2D eigenvalue weighted by molar-refractivity contribution is 7.09. The second-order valence-electron chi connectivity index (χ2n) is 6.66. The second kappa shape index (κ2) is 8.11. The minimum absolute atomic E-state index is 0.106. The molecule has 0 saturated carbocycles. The Hall–Kier alpha value is -2.47. The number of rotatable bonds is 4. The molecule has 5 atom stereocenters. The molecule has 0 bridgehead atoms. The highest BCUT2D eigenvalue weighted by atomic mass is 32.1. The van der Waals surface area contributed by atoms with Gasteiger partial charge in [-0.1, -0.05) is 18.2 Å². The van der Waals surface area contributed by atoms with Crippen molar-refractivity contribution >= 4 is 33.8 Å². The first-order chi connectivity index (χ1) is 14.0. The van der Waals surface area contributed by atoms with Crippen molar-refractivity contribution in [2.45, 2.75) is 30.5 Å². The Kier molecular flexibility index (Phi) is 5.54. The van der Waals surface area contributed by atoms with Crippen LogP contribution in [0.25, 0.3) is 10.9 Å². The van der Waals surface area contributed by atoms with Crippen LogP contribution < -0.4 is 5.32 Å². The molecule has 1 fully saturated rings. The fourth-order valence-corrected chi connectivity index (χ4v) is 4.09. The van der Waals surface area contributed by atoms with Gasteiger partial charge in [-0.15, -0.1) is 11.3 Å². The minimum atomic E-state index is -1.51. The van der Waals surface area contributed by atoms with Crippen LogP contribution in [0, 0.1) is 0 Å². The maximum atomic E-state index is 12.6. The Balaban J connectivity index is 1.55. The molecule has 0 spiro atoms. The van der Waals surface area contributed by atoms with Crippen molar-refractivity contribution in [2.24, 2.45) is 0 Å². The number of fused-ring (bicyclic) bond motifs is 1. The molecule has 2 aromatic heterocycles. The van der Waals surface area contributed by atoms with Crippen LogP contribution in [0.1, 0.15) is 21.6 Å². The summed E-state index contributed by atoms with van der Waals surface area (Å²) >= 11 is 1.07. The molecule has 0 unspecified atom stereocenters. The number of thiazole rings is 1. The van der Waals surface area contributed by atoms with Crippen molar-refractivity contribution in [3.05, 3.63) is 52.6 Å². The number of carbonyl (C=O) groups is 1. The van der Waals surface area contributed by atoms with Gasteiger partial charge in [-0.2, -0.15) is 0 Å². The quantitative estimate of drug-likeness (QED) is 0.412. The van der Waals surface area contributed by atoms with E-state index in [1.165, 1.54) is 5.38 Å². The third-order valence-corrected chi connectivity index (χ3v) is 5.68. The molecule has 9 nitrogen and oxygen atoms in total. The maximum Gasteiger partial charge on any atom is 0.275 e. The number of aromatic nitrogens is 2. The van der Waals surface area contributed by atoms with E-state index in [1.807, 2.05) is 12.1 Å². The summed E-state index contributed by atoms with van der Waals surface area (Å²) in [7, 11) is 0. The van der Waals surface area contributed by atoms with E-state index in [9.17, 15) is 25.2 Å². The van der Waals surface area contributed by atoms with E-state index in [1.54, 1.807) is 24.4 Å². The lowest BCUT2D eigenvalue weighted by molar-refractivity contribution is -0.231. The zero-order valence-electron chi connectivity index (χ0n) is 15.0. The summed E-state index contributed by atoms with van der Waals surface area (Å²) in [6.07, 6.45) is -4.88. The molecular weight excluding hydrogens is 398 g/mol. The van der Waals surface area contributed by atoms with Gasteiger partial charge in [-0.25, -0.2) is 4.98 Å². The molecule has 1 amide bonds. The van der Waals surface area contributed by atoms with Crippen LogP contribution in [0.4, 0.5) is 5.69 Å². The summed E-state index contributed by atoms with van der Waals surface area (Å²) in [6, 6.07) is 9.12. The molecule has 0 radical (unpaired) electrons. The van der Waals surface area contributed by atoms with Crippen molar-refractivity contribution in [2.75, 3.05) is 11.9 Å². The van der Waals surface area contributed by atoms with Gasteiger partial charge >= 0.3 is 0 Å². The van der Waals surface area contributed by atoms with Gasteiger partial charge in [0.1, 0.15) is 41.2 Å². The summed E-state index contributed by atoms with van der Waals surface area (Å²) in [6.45, 7) is -0.533. The van der Waals surface area contributed by atoms with Crippen molar-refractivity contribution in [3.8, 4) is 0 Å². The van der Waals surface area contributed by atoms with Crippen LogP contribution in [-0.4, -0.2) is 67.3 Å². The van der Waals surface area contributed by atoms with Crippen LogP contribution in [0.3, 0.4) is 0 Å². The van der Waals surface area contributed by atoms with E-state index in [0.29, 0.717) is 11.2 Å². The number of pyridine rings is 1. The molecular formula is C19H19N3O6S. The first kappa shape index (κ1) is 19.8. The zero-order chi connectivity index (χ0) is 20.5. The number of hydrogen-bond donors (Lipinski definition) is 5. The molecule has 29 heavy (non-hydrogen) atoms. The summed E-state index contributed by atoms with van der Waals surface area (Å²) < 4.78 is 5.48. The number of nitrogens with zero attached hydrogens (tertiary/aromatic N) is 2. The van der Waals surface area contributed by atoms with Crippen LogP contribution >= 0.6 is 11.3 Å². The number of amides is 1. The third-order valence-electron chi connectivity index (χ3n) is 4.77. The van der Waals surface area contributed by atoms with E-state index in [4.69, 9.17) is 4.74 Å². The molecule has 1 saturated heterocycles. The summed E-state index contributed by atoms with van der Waals surface area (Å²) in [5, 5.41) is 44.8. The molecule has 1 aliphatic rings. The van der Waals surface area contributed by atoms with Gasteiger partial charge < -0.3 is 30.5 Å². The van der Waals surface area contributed by atoms with Gasteiger partial charge in [0.15, 0.2) is 0 Å². The van der Waals surface area contributed by atoms with Gasteiger partial charge in [0.2, 0.25) is 0 Å². The molecule has 5 N–H and O–H groups in total. The number of para-hydroxylation sites is 1. The molecule has 1 aliphatic heterocycles. The molecule has 10 heteroatoms. The fourth-order valence-electron chi connectivity index (χ4n) is 3.22. The highest BCUT2D eigenvalue weighted by Gasteiger charge is 2.45. The lowest BCUT2D eigenvalue weighted by Gasteiger charge is -2.39. The Labute approximate surface area is 169 Å². The topological polar surface area (TPSA) is 145 Å². The Morgan fingerprint density at radius 2 is 1.93 bits per heavy atom. The van der Waals surface area contributed by atoms with E-state index in [-0.39, 0.29) is 10.7 Å². The van der Waals surface area contributed by atoms with Gasteiger partial charge in [-0.3, -0.25) is 9.78 Å². The van der Waals surface area contributed by atoms with Crippen molar-refractivity contribution < 1.29 is 30.0 Å². The average molecular weight is 417 g/mol. The Morgan fingerprint density at radius 1 is 1.14 bits per heavy atom. The predicted octanol–water partition coefficient (Wildman–Crippen LogP) is 0.458. The number of carbonyl (C=O) groups excluding carboxylic acids is 1. The van der Waals surface area contributed by atoms with E-state index in [2.05, 4.69) is 15.3 Å². The van der Waals surface area contributed by atoms with Gasteiger partial charge in [-0.05, 0) is 12.1 Å². The SMILES string of the molecule is O=C(Nc1cccc2cccnc12)c1csc([C@@H]2O[C@H](CO)[C@H](O)[C@H](O)[C@H]2O)n1. The van der Waals surface area contributed by atoms with Crippen LogP contribution in [-0.2, 0) is 4.74 Å². The number of aliphatic hydroxyl groups is 4. The maximum absolute atomic E-state index is 12.6. The summed E-state index contributed by atoms with van der Waals surface area (Å²) in [5.74, 6) is -0.463. The molecule has 3 aromatic rings. The number of hydrogen-bond acceptors (Lipinski definition) is 9. The number of benzene rings is 1. The normalized spacial score (nSPS) is 27.1. The van der Waals surface area contributed by atoms with Gasteiger partial charge in [0.05, 0.1) is 17.8 Å². The van der Waals surface area contributed by atoms with Crippen LogP contribution in [0.15, 0.2) is 41.9 Å². The first-order valence-electron chi connectivity index (χ1n) is 8.90. The monoisotopic (exact) mass is 417 g/mol. The fraction of sp³-hybridized carbons (Fsp3) is 0.316. The largest absolute Gasteiger partial charge is 0.394 e. The number of ether oxygens (including phenoxy) is 1. The van der Waals surface area contributed by atoms with Crippen LogP contribution in [0.2, 0.25) is 0 Å². The van der Waals surface area contributed by atoms with Crippen molar-refractivity contribution in [1.82, 2.24) is 9.97 Å². The summed E-state index contributed by atoms with van der Waals surface area (Å²) in [4.78, 5) is 21.1. The van der Waals surface area contributed by atoms with E-state index >= 15 is 0 Å². The van der Waals surface area contributed by atoms with Crippen molar-refractivity contribution in [3.63, 3.8) is 0 Å². The molecule has 3 heterocycles. The Morgan fingerprint density at radius 3 is 2.72 bits per heavy atom. The van der Waals surface area contributed by atoms with Gasteiger partial charge in [0, 0.05) is 17.0 Å². The lowest BCUT2D eigenvalue weighted by atomic mass is 9.95. The molecule has 1 aromatic carbocycles.